The van der Waals surface area contributed by atoms with Crippen LogP contribution < -0.4 is 5.73 Å². The monoisotopic (exact) mass is 267 g/mol. The number of carbonyl (C=O) groups is 1. The van der Waals surface area contributed by atoms with Gasteiger partial charge in [-0.15, -0.1) is 0 Å². The Kier molecular flexibility index (Phi) is 3.48. The summed E-state index contributed by atoms with van der Waals surface area (Å²) in [5.41, 5.74) is 9.58. The molecule has 0 radical (unpaired) electrons. The molecule has 0 saturated heterocycles. The first kappa shape index (κ1) is 12.8. The number of nitrogens with zero attached hydrogens (tertiary/aromatic N) is 2. The van der Waals surface area contributed by atoms with E-state index >= 15 is 0 Å². The fraction of sp³-hybridized carbons (Fsp3) is 0.250. The van der Waals surface area contributed by atoms with E-state index in [9.17, 15) is 4.79 Å². The van der Waals surface area contributed by atoms with Gasteiger partial charge in [-0.3, -0.25) is 9.78 Å². The molecule has 0 fully saturated rings. The highest BCUT2D eigenvalue weighted by Crippen LogP contribution is 2.19. The summed E-state index contributed by atoms with van der Waals surface area (Å²) in [4.78, 5) is 18.5. The molecule has 2 heterocycles. The number of amides is 1. The molecule has 0 saturated carbocycles. The molecule has 20 heavy (non-hydrogen) atoms. The number of carbonyl (C=O) groups excluding carboxylic acids is 1. The second kappa shape index (κ2) is 5.43. The Hall–Kier alpha value is -2.20. The highest BCUT2D eigenvalue weighted by Gasteiger charge is 2.22. The first-order valence-corrected chi connectivity index (χ1v) is 6.79. The van der Waals surface area contributed by atoms with Crippen molar-refractivity contribution in [1.29, 1.82) is 0 Å². The predicted molar refractivity (Wildman–Crippen MR) is 77.0 cm³/mol. The molecule has 4 heteroatoms. The van der Waals surface area contributed by atoms with Crippen LogP contribution in [0.25, 0.3) is 0 Å². The minimum Gasteiger partial charge on any atom is -0.333 e. The van der Waals surface area contributed by atoms with Crippen LogP contribution in [0, 0.1) is 0 Å². The van der Waals surface area contributed by atoms with Crippen LogP contribution in [0.2, 0.25) is 0 Å². The third-order valence-corrected chi connectivity index (χ3v) is 3.70. The van der Waals surface area contributed by atoms with E-state index in [0.717, 1.165) is 18.5 Å². The third-order valence-electron chi connectivity index (χ3n) is 3.70. The summed E-state index contributed by atoms with van der Waals surface area (Å²) in [6.45, 7) is 1.82. The van der Waals surface area contributed by atoms with Crippen LogP contribution in [-0.4, -0.2) is 22.3 Å². The van der Waals surface area contributed by atoms with Gasteiger partial charge in [0.05, 0.1) is 0 Å². The quantitative estimate of drug-likeness (QED) is 0.901. The van der Waals surface area contributed by atoms with Gasteiger partial charge >= 0.3 is 0 Å². The Morgan fingerprint density at radius 3 is 2.85 bits per heavy atom. The minimum absolute atomic E-state index is 0.0187. The van der Waals surface area contributed by atoms with E-state index in [-0.39, 0.29) is 5.91 Å². The Morgan fingerprint density at radius 2 is 2.05 bits per heavy atom. The molecule has 1 aliphatic rings. The van der Waals surface area contributed by atoms with E-state index in [2.05, 4.69) is 17.1 Å². The number of nitrogens with two attached hydrogens (primary N) is 1. The Bertz CT molecular complexity index is 639. The lowest BCUT2D eigenvalue weighted by Crippen LogP contribution is -2.36. The Balaban J connectivity index is 1.82. The molecule has 0 unspecified atom stereocenters. The van der Waals surface area contributed by atoms with Gasteiger partial charge in [0.1, 0.15) is 5.69 Å². The van der Waals surface area contributed by atoms with Gasteiger partial charge in [0.25, 0.3) is 5.91 Å². The fourth-order valence-electron chi connectivity index (χ4n) is 2.55. The summed E-state index contributed by atoms with van der Waals surface area (Å²) in [5, 5.41) is 0. The largest absolute Gasteiger partial charge is 0.333 e. The smallest absolute Gasteiger partial charge is 0.272 e. The molecule has 4 nitrogen and oxygen atoms in total. The van der Waals surface area contributed by atoms with Crippen LogP contribution in [0.5, 0.6) is 0 Å². The number of aromatic nitrogens is 1. The molecule has 0 aliphatic carbocycles. The van der Waals surface area contributed by atoms with Gasteiger partial charge in [-0.2, -0.15) is 0 Å². The van der Waals surface area contributed by atoms with Gasteiger partial charge in [-0.25, -0.2) is 0 Å². The van der Waals surface area contributed by atoms with Crippen molar-refractivity contribution in [3.63, 3.8) is 0 Å². The van der Waals surface area contributed by atoms with E-state index < -0.39 is 0 Å². The van der Waals surface area contributed by atoms with E-state index in [1.54, 1.807) is 12.3 Å². The van der Waals surface area contributed by atoms with Crippen molar-refractivity contribution in [2.24, 2.45) is 5.73 Å². The van der Waals surface area contributed by atoms with Crippen molar-refractivity contribution in [1.82, 2.24) is 9.88 Å². The van der Waals surface area contributed by atoms with Crippen molar-refractivity contribution in [3.05, 3.63) is 65.0 Å². The number of pyridine rings is 1. The van der Waals surface area contributed by atoms with Crippen molar-refractivity contribution in [3.8, 4) is 0 Å². The zero-order valence-electron chi connectivity index (χ0n) is 11.2. The van der Waals surface area contributed by atoms with Gasteiger partial charge in [0.2, 0.25) is 0 Å². The zero-order chi connectivity index (χ0) is 13.9. The van der Waals surface area contributed by atoms with Gasteiger partial charge in [-0.1, -0.05) is 24.3 Å². The molecule has 3 rings (SSSR count). The maximum Gasteiger partial charge on any atom is 0.272 e. The lowest BCUT2D eigenvalue weighted by molar-refractivity contribution is 0.0728. The van der Waals surface area contributed by atoms with Crippen LogP contribution in [0.15, 0.2) is 42.6 Å². The average Bonchev–Trinajstić information content (AvgIpc) is 2.53. The molecule has 102 valence electrons. The average molecular weight is 267 g/mol. The normalized spacial score (nSPS) is 13.9. The van der Waals surface area contributed by atoms with Gasteiger partial charge in [-0.05, 0) is 35.2 Å². The van der Waals surface area contributed by atoms with Crippen LogP contribution in [-0.2, 0) is 19.5 Å². The molecule has 1 aromatic heterocycles. The van der Waals surface area contributed by atoms with Crippen molar-refractivity contribution >= 4 is 5.91 Å². The number of hydrogen-bond donors (Lipinski definition) is 1. The predicted octanol–water partition coefficient (Wildman–Crippen LogP) is 1.74. The minimum atomic E-state index is -0.0187. The van der Waals surface area contributed by atoms with Crippen LogP contribution in [0.3, 0.4) is 0 Å². The molecule has 2 aromatic rings. The van der Waals surface area contributed by atoms with E-state index in [0.29, 0.717) is 18.8 Å². The summed E-state index contributed by atoms with van der Waals surface area (Å²) in [7, 11) is 0. The molecule has 0 bridgehead atoms. The number of benzene rings is 1. The molecule has 2 N–H and O–H groups in total. The SMILES string of the molecule is NCc1ccnc(C(=O)N2CCc3ccccc3C2)c1. The van der Waals surface area contributed by atoms with Crippen molar-refractivity contribution < 1.29 is 4.79 Å². The Morgan fingerprint density at radius 1 is 1.25 bits per heavy atom. The summed E-state index contributed by atoms with van der Waals surface area (Å²) in [6.07, 6.45) is 2.55. The maximum absolute atomic E-state index is 12.5. The van der Waals surface area contributed by atoms with E-state index in [1.165, 1.54) is 11.1 Å². The zero-order valence-corrected chi connectivity index (χ0v) is 11.2. The first-order valence-electron chi connectivity index (χ1n) is 6.79. The topological polar surface area (TPSA) is 59.2 Å². The molecule has 0 spiro atoms. The van der Waals surface area contributed by atoms with Gasteiger partial charge in [0, 0.05) is 25.8 Å². The lowest BCUT2D eigenvalue weighted by Gasteiger charge is -2.28. The van der Waals surface area contributed by atoms with Crippen molar-refractivity contribution in [2.45, 2.75) is 19.5 Å². The summed E-state index contributed by atoms with van der Waals surface area (Å²) in [5.74, 6) is -0.0187. The van der Waals surface area contributed by atoms with Crippen LogP contribution in [0.1, 0.15) is 27.2 Å². The highest BCUT2D eigenvalue weighted by molar-refractivity contribution is 5.92. The van der Waals surface area contributed by atoms with Gasteiger partial charge in [0.15, 0.2) is 0 Å². The molecular formula is C16H17N3O. The number of hydrogen-bond acceptors (Lipinski definition) is 3. The summed E-state index contributed by atoms with van der Waals surface area (Å²) in [6, 6.07) is 11.9. The van der Waals surface area contributed by atoms with Crippen molar-refractivity contribution in [2.75, 3.05) is 6.54 Å². The fourth-order valence-corrected chi connectivity index (χ4v) is 2.55. The standard InChI is InChI=1S/C16H17N3O/c17-10-12-5-7-18-15(9-12)16(20)19-8-6-13-3-1-2-4-14(13)11-19/h1-5,7,9H,6,8,10-11,17H2. The molecule has 1 amide bonds. The highest BCUT2D eigenvalue weighted by atomic mass is 16.2. The van der Waals surface area contributed by atoms with E-state index in [1.807, 2.05) is 23.1 Å². The Labute approximate surface area is 118 Å². The third kappa shape index (κ3) is 2.42. The first-order chi connectivity index (χ1) is 9.78. The van der Waals surface area contributed by atoms with Crippen LogP contribution >= 0.6 is 0 Å². The van der Waals surface area contributed by atoms with Crippen LogP contribution in [0.4, 0.5) is 0 Å². The molecular weight excluding hydrogens is 250 g/mol. The van der Waals surface area contributed by atoms with Gasteiger partial charge < -0.3 is 10.6 Å². The second-order valence-electron chi connectivity index (χ2n) is 5.00. The second-order valence-corrected chi connectivity index (χ2v) is 5.00. The maximum atomic E-state index is 12.5. The summed E-state index contributed by atoms with van der Waals surface area (Å²) < 4.78 is 0. The number of rotatable bonds is 2. The lowest BCUT2D eigenvalue weighted by atomic mass is 9.99. The number of fused-ring (bicyclic) bond motifs is 1. The summed E-state index contributed by atoms with van der Waals surface area (Å²) >= 11 is 0. The van der Waals surface area contributed by atoms with E-state index in [4.69, 9.17) is 5.73 Å². The molecule has 0 atom stereocenters. The molecule has 1 aliphatic heterocycles. The molecule has 1 aromatic carbocycles.